The van der Waals surface area contributed by atoms with Crippen LogP contribution >= 0.6 is 0 Å². The van der Waals surface area contributed by atoms with Gasteiger partial charge in [0.15, 0.2) is 11.5 Å². The number of hydrogen-bond acceptors (Lipinski definition) is 5. The predicted octanol–water partition coefficient (Wildman–Crippen LogP) is 3.42. The summed E-state index contributed by atoms with van der Waals surface area (Å²) in [5.74, 6) is 1.08. The molecule has 164 valence electrons. The van der Waals surface area contributed by atoms with Crippen molar-refractivity contribution in [1.29, 1.82) is 0 Å². The van der Waals surface area contributed by atoms with Crippen LogP contribution in [0.25, 0.3) is 0 Å². The van der Waals surface area contributed by atoms with Gasteiger partial charge in [0.1, 0.15) is 12.7 Å². The highest BCUT2D eigenvalue weighted by atomic mass is 19.3. The third kappa shape index (κ3) is 5.19. The largest absolute Gasteiger partial charge is 0.493 e. The monoisotopic (exact) mass is 413 g/mol. The van der Waals surface area contributed by atoms with Crippen molar-refractivity contribution in [1.82, 2.24) is 4.90 Å². The Balaban J connectivity index is 1.79. The molecule has 0 aliphatic carbocycles. The summed E-state index contributed by atoms with van der Waals surface area (Å²) in [5, 5.41) is 20.1. The summed E-state index contributed by atoms with van der Waals surface area (Å²) < 4.78 is 36.0. The Morgan fingerprint density at radius 1 is 1.24 bits per heavy atom. The Bertz CT molecular complexity index is 707. The van der Waals surface area contributed by atoms with Crippen LogP contribution in [0.4, 0.5) is 8.78 Å². The molecular formula is C22H33F2NO4. The minimum absolute atomic E-state index is 0.111. The van der Waals surface area contributed by atoms with E-state index in [1.54, 1.807) is 0 Å². The zero-order chi connectivity index (χ0) is 21.3. The van der Waals surface area contributed by atoms with Gasteiger partial charge in [-0.15, -0.1) is 0 Å². The van der Waals surface area contributed by atoms with E-state index in [9.17, 15) is 19.0 Å². The fraction of sp³-hybridized carbons (Fsp3) is 0.727. The Morgan fingerprint density at radius 2 is 1.97 bits per heavy atom. The Labute approximate surface area is 171 Å². The first-order valence-electron chi connectivity index (χ1n) is 10.3. The van der Waals surface area contributed by atoms with Crippen molar-refractivity contribution in [2.45, 2.75) is 64.7 Å². The Kier molecular flexibility index (Phi) is 6.70. The lowest BCUT2D eigenvalue weighted by molar-refractivity contribution is -0.0292. The molecule has 5 nitrogen and oxygen atoms in total. The number of ether oxygens (including phenoxy) is 2. The van der Waals surface area contributed by atoms with Crippen LogP contribution in [0.2, 0.25) is 0 Å². The second kappa shape index (κ2) is 8.74. The maximum Gasteiger partial charge on any atom is 0.267 e. The van der Waals surface area contributed by atoms with Crippen molar-refractivity contribution < 1.29 is 28.5 Å². The molecule has 2 N–H and O–H groups in total. The molecular weight excluding hydrogens is 380 g/mol. The van der Waals surface area contributed by atoms with Crippen LogP contribution in [0.15, 0.2) is 12.1 Å². The number of rotatable bonds is 6. The van der Waals surface area contributed by atoms with Crippen molar-refractivity contribution in [2.75, 3.05) is 26.8 Å². The summed E-state index contributed by atoms with van der Waals surface area (Å²) in [6.07, 6.45) is -2.57. The van der Waals surface area contributed by atoms with Gasteiger partial charge in [-0.2, -0.15) is 0 Å². The molecule has 1 fully saturated rings. The quantitative estimate of drug-likeness (QED) is 0.748. The molecule has 0 aromatic heterocycles. The van der Waals surface area contributed by atoms with Gasteiger partial charge in [0.25, 0.3) is 6.43 Å². The minimum Gasteiger partial charge on any atom is -0.493 e. The number of benzene rings is 1. The molecule has 0 amide bonds. The van der Waals surface area contributed by atoms with Crippen LogP contribution in [0.5, 0.6) is 11.5 Å². The first-order valence-corrected chi connectivity index (χ1v) is 10.3. The van der Waals surface area contributed by atoms with Gasteiger partial charge in [0.05, 0.1) is 13.2 Å². The first-order chi connectivity index (χ1) is 13.6. The van der Waals surface area contributed by atoms with Crippen molar-refractivity contribution in [2.24, 2.45) is 11.3 Å². The van der Waals surface area contributed by atoms with Crippen molar-refractivity contribution >= 4 is 0 Å². The molecule has 2 aliphatic rings. The van der Waals surface area contributed by atoms with E-state index in [1.807, 2.05) is 12.1 Å². The van der Waals surface area contributed by atoms with Gasteiger partial charge >= 0.3 is 0 Å². The fourth-order valence-electron chi connectivity index (χ4n) is 4.61. The Morgan fingerprint density at radius 3 is 2.59 bits per heavy atom. The van der Waals surface area contributed by atoms with Gasteiger partial charge in [-0.3, -0.25) is 4.90 Å². The second-order valence-electron chi connectivity index (χ2n) is 9.50. The average molecular weight is 414 g/mol. The predicted molar refractivity (Wildman–Crippen MR) is 107 cm³/mol. The molecule has 3 rings (SSSR count). The van der Waals surface area contributed by atoms with E-state index in [0.717, 1.165) is 37.1 Å². The maximum absolute atomic E-state index is 12.6. The summed E-state index contributed by atoms with van der Waals surface area (Å²) in [6, 6.07) is 3.84. The first kappa shape index (κ1) is 22.2. The number of alkyl halides is 2. The third-order valence-corrected chi connectivity index (χ3v) is 5.95. The fourth-order valence-corrected chi connectivity index (χ4v) is 4.61. The van der Waals surface area contributed by atoms with Gasteiger partial charge < -0.3 is 19.7 Å². The number of halogens is 2. The highest BCUT2D eigenvalue weighted by molar-refractivity contribution is 5.49. The molecule has 0 radical (unpaired) electrons. The number of piperidine rings is 1. The number of fused-ring (bicyclic) bond motifs is 3. The summed E-state index contributed by atoms with van der Waals surface area (Å²) in [6.45, 7) is 7.87. The molecule has 1 aromatic carbocycles. The minimum atomic E-state index is -2.85. The van der Waals surface area contributed by atoms with Crippen molar-refractivity contribution in [3.05, 3.63) is 23.3 Å². The molecule has 0 saturated carbocycles. The molecule has 4 atom stereocenters. The van der Waals surface area contributed by atoms with E-state index in [2.05, 4.69) is 25.7 Å². The topological polar surface area (TPSA) is 62.2 Å². The molecule has 0 bridgehead atoms. The summed E-state index contributed by atoms with van der Waals surface area (Å²) in [5.41, 5.74) is 2.35. The highest BCUT2D eigenvalue weighted by Crippen LogP contribution is 2.44. The SMILES string of the molecule is COc1cc2c(cc1OCC(O)C(F)F)CCN1CC(CC(C)(C)C)C(O)CC21. The standard InChI is InChI=1S/C22H33F2NO4/c1-22(2,3)10-14-11-25-6-5-13-7-20(29-12-18(27)21(23)24)19(28-4)8-15(13)16(25)9-17(14)26/h7-8,14,16-18,21,26-27H,5-6,9-12H2,1-4H3. The van der Waals surface area contributed by atoms with E-state index in [1.165, 1.54) is 7.11 Å². The molecule has 1 aromatic rings. The van der Waals surface area contributed by atoms with E-state index < -0.39 is 19.1 Å². The molecule has 1 saturated heterocycles. The van der Waals surface area contributed by atoms with Gasteiger partial charge in [-0.25, -0.2) is 8.78 Å². The van der Waals surface area contributed by atoms with Crippen LogP contribution in [-0.2, 0) is 6.42 Å². The molecule has 0 spiro atoms. The van der Waals surface area contributed by atoms with E-state index in [-0.39, 0.29) is 23.5 Å². The average Bonchev–Trinajstić information content (AvgIpc) is 2.64. The number of nitrogens with zero attached hydrogens (tertiary/aromatic N) is 1. The van der Waals surface area contributed by atoms with Gasteiger partial charge in [0, 0.05) is 19.1 Å². The van der Waals surface area contributed by atoms with E-state index in [0.29, 0.717) is 17.9 Å². The number of aliphatic hydroxyl groups excluding tert-OH is 2. The van der Waals surface area contributed by atoms with E-state index in [4.69, 9.17) is 9.47 Å². The number of aliphatic hydroxyl groups is 2. The van der Waals surface area contributed by atoms with Crippen LogP contribution < -0.4 is 9.47 Å². The van der Waals surface area contributed by atoms with E-state index >= 15 is 0 Å². The lowest BCUT2D eigenvalue weighted by Crippen LogP contribution is -2.48. The van der Waals surface area contributed by atoms with Crippen LogP contribution in [0, 0.1) is 11.3 Å². The second-order valence-corrected chi connectivity index (χ2v) is 9.50. The van der Waals surface area contributed by atoms with Crippen molar-refractivity contribution in [3.8, 4) is 11.5 Å². The number of methoxy groups -OCH3 is 1. The van der Waals surface area contributed by atoms with Gasteiger partial charge in [0.2, 0.25) is 0 Å². The Hall–Kier alpha value is -1.44. The molecule has 2 aliphatic heterocycles. The molecule has 7 heteroatoms. The maximum atomic E-state index is 12.6. The third-order valence-electron chi connectivity index (χ3n) is 5.95. The summed E-state index contributed by atoms with van der Waals surface area (Å²) in [4.78, 5) is 2.44. The zero-order valence-corrected chi connectivity index (χ0v) is 17.7. The summed E-state index contributed by atoms with van der Waals surface area (Å²) in [7, 11) is 1.51. The molecule has 2 heterocycles. The lowest BCUT2D eigenvalue weighted by Gasteiger charge is -2.47. The summed E-state index contributed by atoms with van der Waals surface area (Å²) >= 11 is 0. The smallest absolute Gasteiger partial charge is 0.267 e. The number of hydrogen-bond donors (Lipinski definition) is 2. The van der Waals surface area contributed by atoms with Crippen molar-refractivity contribution in [3.63, 3.8) is 0 Å². The van der Waals surface area contributed by atoms with Crippen LogP contribution in [0.3, 0.4) is 0 Å². The molecule has 29 heavy (non-hydrogen) atoms. The van der Waals surface area contributed by atoms with Crippen LogP contribution in [-0.4, -0.2) is 60.6 Å². The normalized spacial score (nSPS) is 26.0. The lowest BCUT2D eigenvalue weighted by atomic mass is 9.75. The molecule has 4 unspecified atom stereocenters. The van der Waals surface area contributed by atoms with Gasteiger partial charge in [-0.05, 0) is 53.9 Å². The highest BCUT2D eigenvalue weighted by Gasteiger charge is 2.39. The van der Waals surface area contributed by atoms with Crippen LogP contribution in [0.1, 0.15) is 50.8 Å². The zero-order valence-electron chi connectivity index (χ0n) is 17.7. The van der Waals surface area contributed by atoms with Gasteiger partial charge in [-0.1, -0.05) is 20.8 Å².